The second-order valence-corrected chi connectivity index (χ2v) is 5.80. The Morgan fingerprint density at radius 2 is 2.12 bits per heavy atom. The molecule has 3 aromatic rings. The van der Waals surface area contributed by atoms with Gasteiger partial charge in [0.25, 0.3) is 5.56 Å². The molecule has 3 rings (SSSR count). The van der Waals surface area contributed by atoms with Crippen LogP contribution >= 0.6 is 15.9 Å². The fraction of sp³-hybridized carbons (Fsp3) is 0.118. The number of rotatable bonds is 4. The number of carbonyl (C=O) groups excluding carboxylic acids is 1. The first-order valence-electron chi connectivity index (χ1n) is 7.16. The minimum absolute atomic E-state index is 0.269. The quantitative estimate of drug-likeness (QED) is 0.545. The Hall–Kier alpha value is -2.67. The van der Waals surface area contributed by atoms with E-state index in [9.17, 15) is 9.59 Å². The third-order valence-electron chi connectivity index (χ3n) is 3.29. The Kier molecular flexibility index (Phi) is 4.61. The van der Waals surface area contributed by atoms with Crippen molar-refractivity contribution < 1.29 is 13.9 Å². The summed E-state index contributed by atoms with van der Waals surface area (Å²) in [7, 11) is 0. The minimum Gasteiger partial charge on any atom is -0.451 e. The number of nitrogens with one attached hydrogen (secondary N) is 1. The highest BCUT2D eigenvalue weighted by atomic mass is 79.9. The van der Waals surface area contributed by atoms with Crippen molar-refractivity contribution in [1.29, 1.82) is 0 Å². The molecule has 0 saturated heterocycles. The first-order chi connectivity index (χ1) is 11.5. The normalized spacial score (nSPS) is 12.6. The van der Waals surface area contributed by atoms with Crippen LogP contribution in [0.25, 0.3) is 17.0 Å². The Bertz CT molecular complexity index is 974. The van der Waals surface area contributed by atoms with Crippen LogP contribution in [0.5, 0.6) is 0 Å². The van der Waals surface area contributed by atoms with E-state index < -0.39 is 12.1 Å². The number of carbonyl (C=O) groups is 1. The highest BCUT2D eigenvalue weighted by Gasteiger charge is 2.14. The summed E-state index contributed by atoms with van der Waals surface area (Å²) >= 11 is 3.18. The van der Waals surface area contributed by atoms with Gasteiger partial charge in [-0.3, -0.25) is 4.79 Å². The average Bonchev–Trinajstić information content (AvgIpc) is 2.98. The molecule has 0 bridgehead atoms. The number of esters is 1. The van der Waals surface area contributed by atoms with Crippen molar-refractivity contribution in [2.75, 3.05) is 0 Å². The van der Waals surface area contributed by atoms with Gasteiger partial charge >= 0.3 is 5.97 Å². The van der Waals surface area contributed by atoms with Gasteiger partial charge in [-0.25, -0.2) is 9.78 Å². The Labute approximate surface area is 145 Å². The third kappa shape index (κ3) is 3.62. The number of hydrogen-bond acceptors (Lipinski definition) is 5. The summed E-state index contributed by atoms with van der Waals surface area (Å²) in [4.78, 5) is 30.9. The van der Waals surface area contributed by atoms with Crippen LogP contribution < -0.4 is 5.56 Å². The van der Waals surface area contributed by atoms with E-state index in [-0.39, 0.29) is 5.56 Å². The van der Waals surface area contributed by atoms with Crippen LogP contribution in [0.15, 0.2) is 56.4 Å². The molecule has 1 N–H and O–H groups in total. The van der Waals surface area contributed by atoms with Gasteiger partial charge in [0.15, 0.2) is 16.6 Å². The molecular weight excluding hydrogens is 376 g/mol. The van der Waals surface area contributed by atoms with Crippen LogP contribution in [0.2, 0.25) is 0 Å². The molecule has 2 aromatic heterocycles. The lowest BCUT2D eigenvalue weighted by Crippen LogP contribution is -2.16. The Morgan fingerprint density at radius 1 is 1.33 bits per heavy atom. The fourth-order valence-corrected chi connectivity index (χ4v) is 2.45. The van der Waals surface area contributed by atoms with Crippen molar-refractivity contribution in [3.63, 3.8) is 0 Å². The molecule has 1 aromatic carbocycles. The summed E-state index contributed by atoms with van der Waals surface area (Å²) in [5.41, 5.74) is 0.282. The van der Waals surface area contributed by atoms with Crippen molar-refractivity contribution in [3.8, 4) is 0 Å². The van der Waals surface area contributed by atoms with Crippen LogP contribution in [0.1, 0.15) is 24.6 Å². The lowest BCUT2D eigenvalue weighted by atomic mass is 10.2. The summed E-state index contributed by atoms with van der Waals surface area (Å²) in [5, 5.41) is 0.489. The lowest BCUT2D eigenvalue weighted by molar-refractivity contribution is -0.142. The number of fused-ring (bicyclic) bond motifs is 1. The maximum Gasteiger partial charge on any atom is 0.331 e. The van der Waals surface area contributed by atoms with Crippen molar-refractivity contribution in [2.45, 2.75) is 13.0 Å². The summed E-state index contributed by atoms with van der Waals surface area (Å²) in [5.74, 6) is 0.246. The van der Waals surface area contributed by atoms with Crippen LogP contribution in [0.4, 0.5) is 0 Å². The molecule has 0 aliphatic heterocycles. The minimum atomic E-state index is -0.692. The van der Waals surface area contributed by atoms with E-state index in [1.165, 1.54) is 12.2 Å². The molecule has 0 aliphatic rings. The van der Waals surface area contributed by atoms with Gasteiger partial charge in [-0.1, -0.05) is 12.1 Å². The van der Waals surface area contributed by atoms with E-state index >= 15 is 0 Å². The molecule has 7 heteroatoms. The van der Waals surface area contributed by atoms with Gasteiger partial charge in [0.1, 0.15) is 5.76 Å². The highest BCUT2D eigenvalue weighted by molar-refractivity contribution is 9.10. The predicted molar refractivity (Wildman–Crippen MR) is 92.3 cm³/mol. The van der Waals surface area contributed by atoms with Gasteiger partial charge in [0.2, 0.25) is 0 Å². The highest BCUT2D eigenvalue weighted by Crippen LogP contribution is 2.17. The van der Waals surface area contributed by atoms with Gasteiger partial charge in [-0.05, 0) is 53.2 Å². The number of halogens is 1. The Morgan fingerprint density at radius 3 is 2.88 bits per heavy atom. The number of furan rings is 1. The molecule has 24 heavy (non-hydrogen) atoms. The number of aromatic amines is 1. The van der Waals surface area contributed by atoms with E-state index in [0.29, 0.717) is 27.2 Å². The summed E-state index contributed by atoms with van der Waals surface area (Å²) in [6, 6.07) is 10.4. The zero-order chi connectivity index (χ0) is 17.1. The molecule has 122 valence electrons. The largest absolute Gasteiger partial charge is 0.451 e. The second-order valence-electron chi connectivity index (χ2n) is 5.02. The summed E-state index contributed by atoms with van der Waals surface area (Å²) in [6.45, 7) is 1.64. The van der Waals surface area contributed by atoms with Gasteiger partial charge in [-0.15, -0.1) is 0 Å². The molecule has 2 heterocycles. The SMILES string of the molecule is C[C@@H](OC(=O)/C=C/c1ccc(Br)o1)c1nc2ccccc2c(=O)[nH]1. The van der Waals surface area contributed by atoms with E-state index in [1.54, 1.807) is 43.3 Å². The number of aromatic nitrogens is 2. The fourth-order valence-electron chi connectivity index (χ4n) is 2.13. The van der Waals surface area contributed by atoms with E-state index in [0.717, 1.165) is 0 Å². The first-order valence-corrected chi connectivity index (χ1v) is 7.95. The van der Waals surface area contributed by atoms with Crippen LogP contribution in [-0.2, 0) is 9.53 Å². The lowest BCUT2D eigenvalue weighted by Gasteiger charge is -2.11. The van der Waals surface area contributed by atoms with Crippen molar-refractivity contribution in [2.24, 2.45) is 0 Å². The van der Waals surface area contributed by atoms with Crippen LogP contribution in [-0.4, -0.2) is 15.9 Å². The topological polar surface area (TPSA) is 85.2 Å². The zero-order valence-corrected chi connectivity index (χ0v) is 14.2. The van der Waals surface area contributed by atoms with Crippen LogP contribution in [0, 0.1) is 0 Å². The van der Waals surface area contributed by atoms with E-state index in [2.05, 4.69) is 25.9 Å². The van der Waals surface area contributed by atoms with Crippen LogP contribution in [0.3, 0.4) is 0 Å². The van der Waals surface area contributed by atoms with Gasteiger partial charge in [-0.2, -0.15) is 0 Å². The van der Waals surface area contributed by atoms with E-state index in [1.807, 2.05) is 0 Å². The standard InChI is InChI=1S/C17H13BrN2O4/c1-10(23-15(21)9-7-11-6-8-14(18)24-11)16-19-13-5-3-2-4-12(13)17(22)20-16/h2-10H,1H3,(H,19,20,22)/b9-7+/t10-/m1/s1. The number of benzene rings is 1. The molecule has 0 aliphatic carbocycles. The summed E-state index contributed by atoms with van der Waals surface area (Å²) < 4.78 is 11.1. The molecule has 0 radical (unpaired) electrons. The maximum absolute atomic E-state index is 12.0. The number of hydrogen-bond donors (Lipinski definition) is 1. The average molecular weight is 389 g/mol. The molecule has 0 saturated carbocycles. The molecule has 0 amide bonds. The number of ether oxygens (including phenoxy) is 1. The molecule has 0 unspecified atom stereocenters. The second kappa shape index (κ2) is 6.84. The van der Waals surface area contributed by atoms with Gasteiger partial charge in [0.05, 0.1) is 10.9 Å². The molecule has 0 fully saturated rings. The number of para-hydroxylation sites is 1. The molecule has 0 spiro atoms. The molecular formula is C17H13BrN2O4. The Balaban J connectivity index is 1.74. The summed E-state index contributed by atoms with van der Waals surface area (Å²) in [6.07, 6.45) is 2.06. The zero-order valence-electron chi connectivity index (χ0n) is 12.7. The smallest absolute Gasteiger partial charge is 0.331 e. The van der Waals surface area contributed by atoms with E-state index in [4.69, 9.17) is 9.15 Å². The first kappa shape index (κ1) is 16.2. The monoisotopic (exact) mass is 388 g/mol. The van der Waals surface area contributed by atoms with Gasteiger partial charge < -0.3 is 14.1 Å². The maximum atomic E-state index is 12.0. The predicted octanol–water partition coefficient (Wildman–Crippen LogP) is 3.60. The third-order valence-corrected chi connectivity index (χ3v) is 3.71. The number of H-pyrrole nitrogens is 1. The van der Waals surface area contributed by atoms with Crippen molar-refractivity contribution in [3.05, 3.63) is 69.1 Å². The van der Waals surface area contributed by atoms with Crippen molar-refractivity contribution in [1.82, 2.24) is 9.97 Å². The van der Waals surface area contributed by atoms with Crippen molar-refractivity contribution >= 4 is 38.9 Å². The number of nitrogens with zero attached hydrogens (tertiary/aromatic N) is 1. The molecule has 1 atom stereocenters. The van der Waals surface area contributed by atoms with Gasteiger partial charge in [0, 0.05) is 6.08 Å². The molecule has 6 nitrogen and oxygen atoms in total.